The van der Waals surface area contributed by atoms with Crippen molar-refractivity contribution >= 4 is 22.9 Å². The van der Waals surface area contributed by atoms with Gasteiger partial charge in [-0.25, -0.2) is 0 Å². The molecular formula is C12H14ClNOS. The van der Waals surface area contributed by atoms with Crippen LogP contribution in [0.4, 0.5) is 0 Å². The second-order valence-electron chi connectivity index (χ2n) is 3.80. The molecule has 0 saturated carbocycles. The quantitative estimate of drug-likeness (QED) is 0.888. The van der Waals surface area contributed by atoms with Crippen molar-refractivity contribution in [2.45, 2.75) is 26.4 Å². The molecule has 16 heavy (non-hydrogen) atoms. The average molecular weight is 256 g/mol. The molecule has 0 aliphatic heterocycles. The van der Waals surface area contributed by atoms with E-state index in [4.69, 9.17) is 16.0 Å². The Morgan fingerprint density at radius 3 is 2.88 bits per heavy atom. The molecule has 0 fully saturated rings. The SMILES string of the molecule is Cc1ccc(CNC(C)c2csc(Cl)c2)o1. The first-order chi connectivity index (χ1) is 7.65. The topological polar surface area (TPSA) is 25.2 Å². The molecule has 2 heterocycles. The van der Waals surface area contributed by atoms with E-state index in [1.54, 1.807) is 11.3 Å². The molecule has 4 heteroatoms. The van der Waals surface area contributed by atoms with Gasteiger partial charge < -0.3 is 9.73 Å². The highest BCUT2D eigenvalue weighted by Gasteiger charge is 2.08. The van der Waals surface area contributed by atoms with Crippen molar-refractivity contribution in [1.29, 1.82) is 0 Å². The second kappa shape index (κ2) is 5.04. The molecule has 0 radical (unpaired) electrons. The third-order valence-electron chi connectivity index (χ3n) is 2.47. The Bertz CT molecular complexity index is 463. The van der Waals surface area contributed by atoms with Crippen molar-refractivity contribution in [1.82, 2.24) is 5.32 Å². The van der Waals surface area contributed by atoms with Gasteiger partial charge in [0, 0.05) is 6.04 Å². The van der Waals surface area contributed by atoms with Crippen LogP contribution in [0.15, 0.2) is 28.0 Å². The van der Waals surface area contributed by atoms with Crippen LogP contribution in [0.25, 0.3) is 0 Å². The lowest BCUT2D eigenvalue weighted by Gasteiger charge is -2.10. The molecule has 0 saturated heterocycles. The normalized spacial score (nSPS) is 12.9. The van der Waals surface area contributed by atoms with E-state index >= 15 is 0 Å². The van der Waals surface area contributed by atoms with Gasteiger partial charge in [-0.15, -0.1) is 11.3 Å². The van der Waals surface area contributed by atoms with E-state index in [2.05, 4.69) is 17.6 Å². The van der Waals surface area contributed by atoms with Crippen molar-refractivity contribution in [3.63, 3.8) is 0 Å². The Labute approximate surface area is 104 Å². The summed E-state index contributed by atoms with van der Waals surface area (Å²) in [6, 6.07) is 6.25. The summed E-state index contributed by atoms with van der Waals surface area (Å²) in [4.78, 5) is 0. The van der Waals surface area contributed by atoms with Crippen LogP contribution in [0.5, 0.6) is 0 Å². The van der Waals surface area contributed by atoms with Gasteiger partial charge >= 0.3 is 0 Å². The number of rotatable bonds is 4. The van der Waals surface area contributed by atoms with Crippen molar-refractivity contribution in [3.05, 3.63) is 45.0 Å². The third-order valence-corrected chi connectivity index (χ3v) is 3.58. The molecule has 86 valence electrons. The first kappa shape index (κ1) is 11.7. The van der Waals surface area contributed by atoms with Gasteiger partial charge in [0.05, 0.1) is 10.9 Å². The van der Waals surface area contributed by atoms with Crippen LogP contribution in [0, 0.1) is 6.92 Å². The zero-order chi connectivity index (χ0) is 11.5. The van der Waals surface area contributed by atoms with Crippen molar-refractivity contribution in [2.24, 2.45) is 0 Å². The maximum Gasteiger partial charge on any atom is 0.117 e. The van der Waals surface area contributed by atoms with Crippen LogP contribution in [-0.4, -0.2) is 0 Å². The lowest BCUT2D eigenvalue weighted by molar-refractivity contribution is 0.444. The van der Waals surface area contributed by atoms with Crippen LogP contribution >= 0.6 is 22.9 Å². The van der Waals surface area contributed by atoms with E-state index in [-0.39, 0.29) is 6.04 Å². The predicted molar refractivity (Wildman–Crippen MR) is 68.0 cm³/mol. The molecule has 0 spiro atoms. The summed E-state index contributed by atoms with van der Waals surface area (Å²) < 4.78 is 6.32. The molecule has 0 amide bonds. The Hall–Kier alpha value is -0.770. The largest absolute Gasteiger partial charge is 0.465 e. The molecule has 0 aliphatic carbocycles. The van der Waals surface area contributed by atoms with Crippen molar-refractivity contribution in [3.8, 4) is 0 Å². The predicted octanol–water partition coefficient (Wildman–Crippen LogP) is 4.15. The molecule has 2 aromatic rings. The summed E-state index contributed by atoms with van der Waals surface area (Å²) in [5, 5.41) is 5.47. The van der Waals surface area contributed by atoms with Crippen LogP contribution in [-0.2, 0) is 6.54 Å². The zero-order valence-electron chi connectivity index (χ0n) is 9.29. The molecule has 0 aliphatic rings. The van der Waals surface area contributed by atoms with E-state index in [0.29, 0.717) is 0 Å². The van der Waals surface area contributed by atoms with E-state index < -0.39 is 0 Å². The smallest absolute Gasteiger partial charge is 0.117 e. The number of hydrogen-bond donors (Lipinski definition) is 1. The zero-order valence-corrected chi connectivity index (χ0v) is 10.9. The summed E-state index contributed by atoms with van der Waals surface area (Å²) in [5.74, 6) is 1.91. The Kier molecular flexibility index (Phi) is 3.69. The minimum atomic E-state index is 0.286. The Balaban J connectivity index is 1.91. The van der Waals surface area contributed by atoms with Crippen molar-refractivity contribution in [2.75, 3.05) is 0 Å². The molecule has 1 N–H and O–H groups in total. The number of thiophene rings is 1. The van der Waals surface area contributed by atoms with E-state index in [9.17, 15) is 0 Å². The monoisotopic (exact) mass is 255 g/mol. The summed E-state index contributed by atoms with van der Waals surface area (Å²) in [6.07, 6.45) is 0. The van der Waals surface area contributed by atoms with Crippen LogP contribution in [0.1, 0.15) is 30.0 Å². The van der Waals surface area contributed by atoms with Gasteiger partial charge in [-0.1, -0.05) is 11.6 Å². The molecule has 2 nitrogen and oxygen atoms in total. The standard InChI is InChI=1S/C12H14ClNOS/c1-8-3-4-11(15-8)6-14-9(2)10-5-12(13)16-7-10/h3-5,7,9,14H,6H2,1-2H3. The van der Waals surface area contributed by atoms with Gasteiger partial charge in [0.1, 0.15) is 11.5 Å². The fourth-order valence-corrected chi connectivity index (χ4v) is 2.49. The molecule has 1 unspecified atom stereocenters. The number of halogens is 1. The second-order valence-corrected chi connectivity index (χ2v) is 5.34. The molecule has 0 bridgehead atoms. The maximum atomic E-state index is 5.90. The lowest BCUT2D eigenvalue weighted by Crippen LogP contribution is -2.17. The summed E-state index contributed by atoms with van der Waals surface area (Å²) in [6.45, 7) is 4.81. The molecular weight excluding hydrogens is 242 g/mol. The highest BCUT2D eigenvalue weighted by Crippen LogP contribution is 2.24. The number of furan rings is 1. The first-order valence-corrected chi connectivity index (χ1v) is 6.43. The van der Waals surface area contributed by atoms with E-state index in [1.807, 2.05) is 25.1 Å². The minimum absolute atomic E-state index is 0.286. The lowest BCUT2D eigenvalue weighted by atomic mass is 10.2. The Morgan fingerprint density at radius 1 is 1.50 bits per heavy atom. The van der Waals surface area contributed by atoms with Crippen LogP contribution in [0.2, 0.25) is 4.34 Å². The fraction of sp³-hybridized carbons (Fsp3) is 0.333. The number of nitrogens with one attached hydrogen (secondary N) is 1. The molecule has 2 rings (SSSR count). The molecule has 1 atom stereocenters. The highest BCUT2D eigenvalue weighted by atomic mass is 35.5. The summed E-state index contributed by atoms with van der Waals surface area (Å²) >= 11 is 7.46. The fourth-order valence-electron chi connectivity index (χ4n) is 1.50. The minimum Gasteiger partial charge on any atom is -0.465 e. The van der Waals surface area contributed by atoms with Gasteiger partial charge in [0.2, 0.25) is 0 Å². The van der Waals surface area contributed by atoms with Gasteiger partial charge in [0.15, 0.2) is 0 Å². The number of hydrogen-bond acceptors (Lipinski definition) is 3. The van der Waals surface area contributed by atoms with Crippen LogP contribution in [0.3, 0.4) is 0 Å². The van der Waals surface area contributed by atoms with E-state index in [0.717, 1.165) is 22.4 Å². The van der Waals surface area contributed by atoms with Gasteiger partial charge in [0.25, 0.3) is 0 Å². The third kappa shape index (κ3) is 2.88. The van der Waals surface area contributed by atoms with Gasteiger partial charge in [-0.2, -0.15) is 0 Å². The summed E-state index contributed by atoms with van der Waals surface area (Å²) in [7, 11) is 0. The van der Waals surface area contributed by atoms with Crippen molar-refractivity contribution < 1.29 is 4.42 Å². The average Bonchev–Trinajstić information content (AvgIpc) is 2.84. The van der Waals surface area contributed by atoms with E-state index in [1.165, 1.54) is 5.56 Å². The number of aryl methyl sites for hydroxylation is 1. The molecule has 0 aromatic carbocycles. The Morgan fingerprint density at radius 2 is 2.31 bits per heavy atom. The highest BCUT2D eigenvalue weighted by molar-refractivity contribution is 7.14. The first-order valence-electron chi connectivity index (χ1n) is 5.18. The van der Waals surface area contributed by atoms with Gasteiger partial charge in [-0.05, 0) is 43.0 Å². The van der Waals surface area contributed by atoms with Crippen LogP contribution < -0.4 is 5.32 Å². The molecule has 2 aromatic heterocycles. The summed E-state index contributed by atoms with van der Waals surface area (Å²) in [5.41, 5.74) is 1.22. The van der Waals surface area contributed by atoms with Gasteiger partial charge in [-0.3, -0.25) is 0 Å². The maximum absolute atomic E-state index is 5.90.